The van der Waals surface area contributed by atoms with Crippen LogP contribution in [0.1, 0.15) is 11.1 Å². The van der Waals surface area contributed by atoms with E-state index in [2.05, 4.69) is 18.2 Å². The highest BCUT2D eigenvalue weighted by Crippen LogP contribution is 2.28. The van der Waals surface area contributed by atoms with Gasteiger partial charge in [-0.1, -0.05) is 18.2 Å². The summed E-state index contributed by atoms with van der Waals surface area (Å²) in [7, 11) is 3.32. The zero-order valence-corrected chi connectivity index (χ0v) is 22.2. The van der Waals surface area contributed by atoms with Crippen LogP contribution in [0.25, 0.3) is 0 Å². The first-order valence-electron chi connectivity index (χ1n) is 12.7. The Kier molecular flexibility index (Phi) is 17.2. The van der Waals surface area contributed by atoms with Crippen molar-refractivity contribution < 1.29 is 43.0 Å². The summed E-state index contributed by atoms with van der Waals surface area (Å²) >= 11 is 0. The highest BCUT2D eigenvalue weighted by atomic mass is 16.6. The fourth-order valence-corrected chi connectivity index (χ4v) is 3.32. The zero-order valence-electron chi connectivity index (χ0n) is 22.2. The summed E-state index contributed by atoms with van der Waals surface area (Å²) in [6.45, 7) is 5.21. The molecule has 208 valence electrons. The van der Waals surface area contributed by atoms with Crippen LogP contribution in [0.15, 0.2) is 42.5 Å². The number of ether oxygens (including phenoxy) is 8. The van der Waals surface area contributed by atoms with Crippen molar-refractivity contribution in [2.45, 2.75) is 12.8 Å². The van der Waals surface area contributed by atoms with Crippen LogP contribution < -0.4 is 14.2 Å². The molecule has 0 atom stereocenters. The molecular weight excluding hydrogens is 480 g/mol. The van der Waals surface area contributed by atoms with Gasteiger partial charge in [0.1, 0.15) is 12.4 Å². The van der Waals surface area contributed by atoms with Gasteiger partial charge in [-0.15, -0.1) is 0 Å². The van der Waals surface area contributed by atoms with Crippen molar-refractivity contribution in [1.82, 2.24) is 0 Å². The fourth-order valence-electron chi connectivity index (χ4n) is 3.32. The predicted molar refractivity (Wildman–Crippen MR) is 140 cm³/mol. The summed E-state index contributed by atoms with van der Waals surface area (Å²) in [6.07, 6.45) is 1.85. The van der Waals surface area contributed by atoms with Gasteiger partial charge in [-0.05, 0) is 48.2 Å². The minimum atomic E-state index is 0.0270. The van der Waals surface area contributed by atoms with Crippen LogP contribution in [0.5, 0.6) is 17.2 Å². The van der Waals surface area contributed by atoms with Crippen molar-refractivity contribution in [2.75, 3.05) is 93.5 Å². The van der Waals surface area contributed by atoms with Crippen LogP contribution in [-0.2, 0) is 36.5 Å². The third-order valence-electron chi connectivity index (χ3n) is 5.30. The average molecular weight is 523 g/mol. The van der Waals surface area contributed by atoms with E-state index in [4.69, 9.17) is 43.0 Å². The van der Waals surface area contributed by atoms with E-state index in [9.17, 15) is 0 Å². The molecule has 0 heterocycles. The topological polar surface area (TPSA) is 94.1 Å². The number of benzene rings is 2. The predicted octanol–water partition coefficient (Wildman–Crippen LogP) is 2.94. The summed E-state index contributed by atoms with van der Waals surface area (Å²) in [5, 5.41) is 8.58. The maximum absolute atomic E-state index is 8.58. The molecule has 0 amide bonds. The lowest BCUT2D eigenvalue weighted by molar-refractivity contribution is -0.0147. The first kappa shape index (κ1) is 30.8. The number of aryl methyl sites for hydroxylation is 2. The molecule has 0 fully saturated rings. The Hall–Kier alpha value is -2.40. The van der Waals surface area contributed by atoms with E-state index in [0.29, 0.717) is 78.4 Å². The van der Waals surface area contributed by atoms with Crippen LogP contribution >= 0.6 is 0 Å². The smallest absolute Gasteiger partial charge is 0.161 e. The summed E-state index contributed by atoms with van der Waals surface area (Å²) in [5.74, 6) is 2.29. The van der Waals surface area contributed by atoms with E-state index in [1.54, 1.807) is 14.2 Å². The van der Waals surface area contributed by atoms with Gasteiger partial charge < -0.3 is 43.0 Å². The zero-order chi connectivity index (χ0) is 26.4. The summed E-state index contributed by atoms with van der Waals surface area (Å²) in [6, 6.07) is 14.2. The van der Waals surface area contributed by atoms with Gasteiger partial charge in [0.15, 0.2) is 11.5 Å². The van der Waals surface area contributed by atoms with Crippen LogP contribution in [0.3, 0.4) is 0 Å². The third-order valence-corrected chi connectivity index (χ3v) is 5.30. The molecule has 0 bridgehead atoms. The van der Waals surface area contributed by atoms with Crippen molar-refractivity contribution in [2.24, 2.45) is 0 Å². The van der Waals surface area contributed by atoms with Gasteiger partial charge in [0.2, 0.25) is 0 Å². The second-order valence-corrected chi connectivity index (χ2v) is 7.97. The van der Waals surface area contributed by atoms with Gasteiger partial charge in [-0.3, -0.25) is 0 Å². The van der Waals surface area contributed by atoms with Crippen LogP contribution in [0.4, 0.5) is 0 Å². The highest BCUT2D eigenvalue weighted by molar-refractivity contribution is 5.43. The normalized spacial score (nSPS) is 11.0. The molecule has 2 rings (SSSR count). The Bertz CT molecular complexity index is 814. The van der Waals surface area contributed by atoms with Crippen molar-refractivity contribution in [3.05, 3.63) is 53.6 Å². The Labute approximate surface area is 220 Å². The number of rotatable bonds is 23. The number of aliphatic hydroxyl groups is 1. The molecule has 2 aromatic carbocycles. The van der Waals surface area contributed by atoms with E-state index in [0.717, 1.165) is 24.3 Å². The maximum atomic E-state index is 8.58. The molecule has 0 aliphatic heterocycles. The summed E-state index contributed by atoms with van der Waals surface area (Å²) < 4.78 is 43.5. The van der Waals surface area contributed by atoms with Crippen molar-refractivity contribution in [1.29, 1.82) is 0 Å². The first-order valence-corrected chi connectivity index (χ1v) is 12.7. The Morgan fingerprint density at radius 1 is 0.514 bits per heavy atom. The molecule has 9 heteroatoms. The molecular formula is C28H42O9. The SMILES string of the molecule is COc1ccc(CCc2ccc(OCCOCCOCCOCCOCCOCCO)c(OC)c2)cc1. The van der Waals surface area contributed by atoms with E-state index in [1.165, 1.54) is 11.1 Å². The van der Waals surface area contributed by atoms with Gasteiger partial charge in [-0.25, -0.2) is 0 Å². The molecule has 1 N–H and O–H groups in total. The van der Waals surface area contributed by atoms with Gasteiger partial charge in [0, 0.05) is 0 Å². The Balaban J connectivity index is 1.47. The molecule has 9 nitrogen and oxygen atoms in total. The van der Waals surface area contributed by atoms with E-state index in [1.807, 2.05) is 24.3 Å². The summed E-state index contributed by atoms with van der Waals surface area (Å²) in [4.78, 5) is 0. The lowest BCUT2D eigenvalue weighted by atomic mass is 10.0. The standard InChI is InChI=1S/C28H42O9/c1-30-26-8-5-24(6-9-26)3-4-25-7-10-27(28(23-25)31-2)37-22-21-36-20-19-35-18-17-34-16-15-33-14-13-32-12-11-29/h5-10,23,29H,3-4,11-22H2,1-2H3. The minimum absolute atomic E-state index is 0.0270. The molecule has 0 aliphatic carbocycles. The lowest BCUT2D eigenvalue weighted by Gasteiger charge is -2.13. The molecule has 0 aromatic heterocycles. The molecule has 0 spiro atoms. The molecule has 0 saturated carbocycles. The van der Waals surface area contributed by atoms with Crippen molar-refractivity contribution in [3.8, 4) is 17.2 Å². The van der Waals surface area contributed by atoms with Crippen LogP contribution in [0.2, 0.25) is 0 Å². The fraction of sp³-hybridized carbons (Fsp3) is 0.571. The number of aliphatic hydroxyl groups excluding tert-OH is 1. The minimum Gasteiger partial charge on any atom is -0.497 e. The molecule has 0 aliphatic rings. The van der Waals surface area contributed by atoms with Crippen molar-refractivity contribution in [3.63, 3.8) is 0 Å². The van der Waals surface area contributed by atoms with Crippen LogP contribution in [-0.4, -0.2) is 98.6 Å². The maximum Gasteiger partial charge on any atom is 0.161 e. The Morgan fingerprint density at radius 3 is 1.51 bits per heavy atom. The lowest BCUT2D eigenvalue weighted by Crippen LogP contribution is -2.14. The van der Waals surface area contributed by atoms with Gasteiger partial charge in [-0.2, -0.15) is 0 Å². The number of methoxy groups -OCH3 is 2. The quantitative estimate of drug-likeness (QED) is 0.221. The van der Waals surface area contributed by atoms with E-state index < -0.39 is 0 Å². The molecule has 2 aromatic rings. The van der Waals surface area contributed by atoms with E-state index >= 15 is 0 Å². The largest absolute Gasteiger partial charge is 0.497 e. The van der Waals surface area contributed by atoms with Gasteiger partial charge >= 0.3 is 0 Å². The molecule has 37 heavy (non-hydrogen) atoms. The second-order valence-electron chi connectivity index (χ2n) is 7.97. The molecule has 0 radical (unpaired) electrons. The third kappa shape index (κ3) is 14.2. The number of hydrogen-bond acceptors (Lipinski definition) is 9. The van der Waals surface area contributed by atoms with E-state index in [-0.39, 0.29) is 6.61 Å². The van der Waals surface area contributed by atoms with Crippen LogP contribution in [0, 0.1) is 0 Å². The van der Waals surface area contributed by atoms with Gasteiger partial charge in [0.05, 0.1) is 86.9 Å². The monoisotopic (exact) mass is 522 g/mol. The molecule has 0 saturated heterocycles. The first-order chi connectivity index (χ1) is 18.3. The molecule has 0 unspecified atom stereocenters. The summed E-state index contributed by atoms with van der Waals surface area (Å²) in [5.41, 5.74) is 2.45. The van der Waals surface area contributed by atoms with Crippen molar-refractivity contribution >= 4 is 0 Å². The van der Waals surface area contributed by atoms with Gasteiger partial charge in [0.25, 0.3) is 0 Å². The second kappa shape index (κ2) is 20.6. The highest BCUT2D eigenvalue weighted by Gasteiger charge is 2.07. The average Bonchev–Trinajstić information content (AvgIpc) is 2.94. The number of hydrogen-bond donors (Lipinski definition) is 1. The Morgan fingerprint density at radius 2 is 1.00 bits per heavy atom.